The first-order valence-electron chi connectivity index (χ1n) is 12.1. The minimum absolute atomic E-state index is 0.0911. The lowest BCUT2D eigenvalue weighted by Crippen LogP contribution is -2.51. The van der Waals surface area contributed by atoms with Crippen LogP contribution in [0, 0.1) is 0 Å². The Labute approximate surface area is 215 Å². The molecule has 1 atom stereocenters. The Morgan fingerprint density at radius 1 is 1.00 bits per heavy atom. The van der Waals surface area contributed by atoms with Gasteiger partial charge in [0.25, 0.3) is 0 Å². The van der Waals surface area contributed by atoms with Crippen LogP contribution in [0.4, 0.5) is 5.69 Å². The third-order valence-corrected chi connectivity index (χ3v) is 6.40. The predicted octanol–water partition coefficient (Wildman–Crippen LogP) is 4.11. The molecule has 9 nitrogen and oxygen atoms in total. The van der Waals surface area contributed by atoms with E-state index in [1.807, 2.05) is 45.0 Å². The number of carbonyl (C=O) groups is 3. The number of amides is 2. The number of hydrogen-bond donors (Lipinski definition) is 1. The fraction of sp³-hybridized carbons (Fsp3) is 0.286. The molecule has 2 aromatic heterocycles. The highest BCUT2D eigenvalue weighted by atomic mass is 16.2. The molecule has 0 spiro atoms. The van der Waals surface area contributed by atoms with Crippen molar-refractivity contribution in [2.75, 3.05) is 4.90 Å². The summed E-state index contributed by atoms with van der Waals surface area (Å²) in [4.78, 5) is 45.2. The zero-order valence-corrected chi connectivity index (χ0v) is 21.4. The SMILES string of the molecule is CCC(C)(C)NC(=O)[C@H](c1ccncc1)N(C(=O)Cn1nnc2ccccc21)c1ccc(C(C)=O)cc1. The normalized spacial score (nSPS) is 12.2. The highest BCUT2D eigenvalue weighted by molar-refractivity contribution is 6.02. The number of anilines is 1. The van der Waals surface area contributed by atoms with Gasteiger partial charge in [-0.05, 0) is 81.3 Å². The summed E-state index contributed by atoms with van der Waals surface area (Å²) >= 11 is 0. The van der Waals surface area contributed by atoms with Crippen molar-refractivity contribution in [3.05, 3.63) is 84.2 Å². The van der Waals surface area contributed by atoms with Gasteiger partial charge in [0.1, 0.15) is 18.1 Å². The van der Waals surface area contributed by atoms with E-state index in [1.54, 1.807) is 48.8 Å². The van der Waals surface area contributed by atoms with E-state index in [4.69, 9.17) is 0 Å². The van der Waals surface area contributed by atoms with Crippen molar-refractivity contribution >= 4 is 34.3 Å². The fourth-order valence-corrected chi connectivity index (χ4v) is 3.99. The number of aromatic nitrogens is 4. The Balaban J connectivity index is 1.81. The second kappa shape index (κ2) is 10.7. The van der Waals surface area contributed by atoms with E-state index < -0.39 is 11.6 Å². The van der Waals surface area contributed by atoms with Gasteiger partial charge >= 0.3 is 0 Å². The summed E-state index contributed by atoms with van der Waals surface area (Å²) in [5.41, 5.74) is 2.48. The quantitative estimate of drug-likeness (QED) is 0.348. The molecule has 4 aromatic rings. The van der Waals surface area contributed by atoms with Crippen LogP contribution in [0.25, 0.3) is 11.0 Å². The molecule has 0 aliphatic heterocycles. The molecule has 0 aliphatic carbocycles. The van der Waals surface area contributed by atoms with Gasteiger partial charge in [-0.15, -0.1) is 5.10 Å². The topological polar surface area (TPSA) is 110 Å². The molecule has 2 amide bonds. The van der Waals surface area contributed by atoms with Crippen LogP contribution in [0.15, 0.2) is 73.1 Å². The molecule has 0 aliphatic rings. The summed E-state index contributed by atoms with van der Waals surface area (Å²) in [7, 11) is 0. The van der Waals surface area contributed by atoms with Gasteiger partial charge in [-0.1, -0.05) is 24.3 Å². The maximum atomic E-state index is 14.0. The number of rotatable bonds is 9. The monoisotopic (exact) mass is 498 g/mol. The number of fused-ring (bicyclic) bond motifs is 1. The van der Waals surface area contributed by atoms with Crippen LogP contribution in [0.3, 0.4) is 0 Å². The number of hydrogen-bond acceptors (Lipinski definition) is 6. The fourth-order valence-electron chi connectivity index (χ4n) is 3.99. The second-order valence-electron chi connectivity index (χ2n) is 9.51. The Bertz CT molecular complexity index is 1410. The predicted molar refractivity (Wildman–Crippen MR) is 141 cm³/mol. The molecule has 0 bridgehead atoms. The second-order valence-corrected chi connectivity index (χ2v) is 9.51. The summed E-state index contributed by atoms with van der Waals surface area (Å²) in [6.07, 6.45) is 3.88. The lowest BCUT2D eigenvalue weighted by molar-refractivity contribution is -0.128. The van der Waals surface area contributed by atoms with E-state index in [0.717, 1.165) is 0 Å². The van der Waals surface area contributed by atoms with E-state index in [-0.39, 0.29) is 24.1 Å². The average molecular weight is 499 g/mol. The van der Waals surface area contributed by atoms with Crippen LogP contribution >= 0.6 is 0 Å². The van der Waals surface area contributed by atoms with Gasteiger partial charge in [0.15, 0.2) is 5.78 Å². The Morgan fingerprint density at radius 3 is 2.32 bits per heavy atom. The molecule has 0 unspecified atom stereocenters. The largest absolute Gasteiger partial charge is 0.349 e. The van der Waals surface area contributed by atoms with Crippen LogP contribution in [-0.4, -0.2) is 43.1 Å². The van der Waals surface area contributed by atoms with E-state index in [2.05, 4.69) is 20.6 Å². The first-order valence-corrected chi connectivity index (χ1v) is 12.1. The summed E-state index contributed by atoms with van der Waals surface area (Å²) < 4.78 is 1.52. The zero-order valence-electron chi connectivity index (χ0n) is 21.4. The Morgan fingerprint density at radius 2 is 1.68 bits per heavy atom. The molecule has 0 radical (unpaired) electrons. The maximum absolute atomic E-state index is 14.0. The number of nitrogens with zero attached hydrogens (tertiary/aromatic N) is 5. The van der Waals surface area contributed by atoms with Crippen molar-refractivity contribution in [3.8, 4) is 0 Å². The minimum Gasteiger partial charge on any atom is -0.349 e. The molecular weight excluding hydrogens is 468 g/mol. The number of pyridine rings is 1. The molecule has 4 rings (SSSR count). The number of benzene rings is 2. The van der Waals surface area contributed by atoms with Crippen LogP contribution < -0.4 is 10.2 Å². The molecule has 0 saturated heterocycles. The number of nitrogens with one attached hydrogen (secondary N) is 1. The highest BCUT2D eigenvalue weighted by Crippen LogP contribution is 2.30. The summed E-state index contributed by atoms with van der Waals surface area (Å²) in [5.74, 6) is -0.783. The van der Waals surface area contributed by atoms with Gasteiger partial charge in [0.2, 0.25) is 11.8 Å². The van der Waals surface area contributed by atoms with Gasteiger partial charge < -0.3 is 5.32 Å². The summed E-state index contributed by atoms with van der Waals surface area (Å²) in [6.45, 7) is 7.20. The van der Waals surface area contributed by atoms with E-state index in [0.29, 0.717) is 34.3 Å². The first kappa shape index (κ1) is 25.7. The standard InChI is InChI=1S/C28H30N6O3/c1-5-28(3,4)30-27(37)26(21-14-16-29-17-15-21)34(22-12-10-20(11-13-22)19(2)35)25(36)18-33-24-9-7-6-8-23(24)31-32-33/h6-17,26H,5,18H2,1-4H3,(H,30,37)/t26-/m0/s1. The molecule has 0 saturated carbocycles. The van der Waals surface area contributed by atoms with Crippen LogP contribution in [-0.2, 0) is 16.1 Å². The zero-order chi connectivity index (χ0) is 26.6. The molecule has 2 aromatic carbocycles. The molecule has 2 heterocycles. The van der Waals surface area contributed by atoms with Crippen molar-refractivity contribution in [1.82, 2.24) is 25.3 Å². The number of para-hydroxylation sites is 1. The smallest absolute Gasteiger partial charge is 0.249 e. The molecule has 0 fully saturated rings. The Hall–Kier alpha value is -4.40. The maximum Gasteiger partial charge on any atom is 0.249 e. The van der Waals surface area contributed by atoms with Gasteiger partial charge in [0.05, 0.1) is 5.52 Å². The first-order chi connectivity index (χ1) is 17.7. The van der Waals surface area contributed by atoms with E-state index >= 15 is 0 Å². The van der Waals surface area contributed by atoms with Crippen molar-refractivity contribution in [3.63, 3.8) is 0 Å². The lowest BCUT2D eigenvalue weighted by Gasteiger charge is -2.34. The molecule has 1 N–H and O–H groups in total. The Kier molecular flexibility index (Phi) is 7.42. The highest BCUT2D eigenvalue weighted by Gasteiger charge is 2.35. The molecule has 37 heavy (non-hydrogen) atoms. The molecular formula is C28H30N6O3. The molecule has 9 heteroatoms. The van der Waals surface area contributed by atoms with E-state index in [1.165, 1.54) is 16.5 Å². The van der Waals surface area contributed by atoms with Gasteiger partial charge in [-0.3, -0.25) is 24.3 Å². The lowest BCUT2D eigenvalue weighted by atomic mass is 9.98. The summed E-state index contributed by atoms with van der Waals surface area (Å²) in [5, 5.41) is 11.4. The van der Waals surface area contributed by atoms with Gasteiger partial charge in [0, 0.05) is 29.2 Å². The number of carbonyl (C=O) groups excluding carboxylic acids is 3. The van der Waals surface area contributed by atoms with Crippen LogP contribution in [0.1, 0.15) is 56.1 Å². The van der Waals surface area contributed by atoms with Crippen molar-refractivity contribution in [1.29, 1.82) is 0 Å². The minimum atomic E-state index is -0.987. The van der Waals surface area contributed by atoms with Crippen molar-refractivity contribution in [2.45, 2.75) is 52.2 Å². The number of ketones is 1. The van der Waals surface area contributed by atoms with Crippen molar-refractivity contribution < 1.29 is 14.4 Å². The average Bonchev–Trinajstić information content (AvgIpc) is 3.30. The molecule has 190 valence electrons. The van der Waals surface area contributed by atoms with Crippen LogP contribution in [0.2, 0.25) is 0 Å². The van der Waals surface area contributed by atoms with Crippen molar-refractivity contribution in [2.24, 2.45) is 0 Å². The summed E-state index contributed by atoms with van der Waals surface area (Å²) in [6, 6.07) is 16.5. The van der Waals surface area contributed by atoms with Gasteiger partial charge in [-0.2, -0.15) is 0 Å². The third-order valence-electron chi connectivity index (χ3n) is 6.40. The van der Waals surface area contributed by atoms with Gasteiger partial charge in [-0.25, -0.2) is 4.68 Å². The third kappa shape index (κ3) is 5.72. The van der Waals surface area contributed by atoms with Crippen LogP contribution in [0.5, 0.6) is 0 Å². The van der Waals surface area contributed by atoms with E-state index in [9.17, 15) is 14.4 Å². The number of Topliss-reactive ketones (excluding diaryl/α,β-unsaturated/α-hetero) is 1.